The summed E-state index contributed by atoms with van der Waals surface area (Å²) in [7, 11) is 0. The van der Waals surface area contributed by atoms with E-state index < -0.39 is 0 Å². The van der Waals surface area contributed by atoms with Crippen molar-refractivity contribution in [3.8, 4) is 11.4 Å². The molecule has 1 aromatic heterocycles. The van der Waals surface area contributed by atoms with Crippen LogP contribution in [0.3, 0.4) is 0 Å². The number of benzene rings is 3. The standard InChI is InChI=1S/C30H31FN2O2/c1-29(2)20-35-30(15-17-32-18-16-30)27-26-24(33(28(27)29)23-13-11-22(31)12-14-23)9-6-10-25(26)34-19-21-7-4-3-5-8-21/h3-14,32H,15-20H2,1-2H3. The molecule has 1 saturated heterocycles. The lowest BCUT2D eigenvalue weighted by Gasteiger charge is -2.46. The molecule has 0 radical (unpaired) electrons. The van der Waals surface area contributed by atoms with Crippen molar-refractivity contribution in [1.29, 1.82) is 0 Å². The maximum Gasteiger partial charge on any atom is 0.129 e. The van der Waals surface area contributed by atoms with Crippen LogP contribution in [0.2, 0.25) is 0 Å². The van der Waals surface area contributed by atoms with Crippen LogP contribution in [-0.4, -0.2) is 24.3 Å². The largest absolute Gasteiger partial charge is 0.488 e. The van der Waals surface area contributed by atoms with E-state index in [1.165, 1.54) is 23.4 Å². The van der Waals surface area contributed by atoms with Crippen molar-refractivity contribution in [3.05, 3.63) is 95.4 Å². The minimum absolute atomic E-state index is 0.227. The summed E-state index contributed by atoms with van der Waals surface area (Å²) in [6, 6.07) is 23.3. The van der Waals surface area contributed by atoms with E-state index in [4.69, 9.17) is 9.47 Å². The van der Waals surface area contributed by atoms with Gasteiger partial charge in [0, 0.05) is 27.7 Å². The Labute approximate surface area is 205 Å². The molecule has 1 fully saturated rings. The molecule has 3 aromatic carbocycles. The van der Waals surface area contributed by atoms with Gasteiger partial charge in [-0.25, -0.2) is 4.39 Å². The molecule has 0 bridgehead atoms. The van der Waals surface area contributed by atoms with Crippen LogP contribution < -0.4 is 10.1 Å². The molecule has 0 atom stereocenters. The van der Waals surface area contributed by atoms with Crippen molar-refractivity contribution in [1.82, 2.24) is 9.88 Å². The Hall–Kier alpha value is -3.15. The van der Waals surface area contributed by atoms with Gasteiger partial charge in [-0.1, -0.05) is 50.2 Å². The summed E-state index contributed by atoms with van der Waals surface area (Å²) < 4.78 is 29.5. The minimum Gasteiger partial charge on any atom is -0.488 e. The maximum absolute atomic E-state index is 13.9. The number of halogens is 1. The number of piperidine rings is 1. The Kier molecular flexibility index (Phi) is 5.42. The zero-order chi connectivity index (χ0) is 24.0. The van der Waals surface area contributed by atoms with Crippen molar-refractivity contribution in [2.45, 2.75) is 44.3 Å². The Balaban J connectivity index is 1.62. The Morgan fingerprint density at radius 3 is 2.43 bits per heavy atom. The fourth-order valence-corrected chi connectivity index (χ4v) is 5.79. The molecule has 4 aromatic rings. The molecular weight excluding hydrogens is 439 g/mol. The number of nitrogens with one attached hydrogen (secondary N) is 1. The summed E-state index contributed by atoms with van der Waals surface area (Å²) in [5.74, 6) is 0.631. The molecule has 3 heterocycles. The Morgan fingerprint density at radius 2 is 1.69 bits per heavy atom. The summed E-state index contributed by atoms with van der Waals surface area (Å²) in [6.45, 7) is 7.44. The van der Waals surface area contributed by atoms with Gasteiger partial charge in [0.2, 0.25) is 0 Å². The summed E-state index contributed by atoms with van der Waals surface area (Å²) in [5.41, 5.74) is 5.04. The second kappa shape index (κ2) is 8.51. The lowest BCUT2D eigenvalue weighted by molar-refractivity contribution is -0.101. The Morgan fingerprint density at radius 1 is 0.943 bits per heavy atom. The van der Waals surface area contributed by atoms with Crippen molar-refractivity contribution >= 4 is 10.9 Å². The fraction of sp³-hybridized carbons (Fsp3) is 0.333. The van der Waals surface area contributed by atoms with Crippen LogP contribution in [0.1, 0.15) is 43.5 Å². The van der Waals surface area contributed by atoms with E-state index in [1.54, 1.807) is 0 Å². The van der Waals surface area contributed by atoms with Crippen molar-refractivity contribution in [3.63, 3.8) is 0 Å². The van der Waals surface area contributed by atoms with Crippen molar-refractivity contribution < 1.29 is 13.9 Å². The van der Waals surface area contributed by atoms with Crippen LogP contribution in [-0.2, 0) is 22.4 Å². The molecule has 0 aliphatic carbocycles. The summed E-state index contributed by atoms with van der Waals surface area (Å²) in [6.07, 6.45) is 1.82. The second-order valence-corrected chi connectivity index (χ2v) is 10.4. The number of ether oxygens (including phenoxy) is 2. The molecular formula is C30H31FN2O2. The van der Waals surface area contributed by atoms with E-state index in [9.17, 15) is 4.39 Å². The summed E-state index contributed by atoms with van der Waals surface area (Å²) in [4.78, 5) is 0. The second-order valence-electron chi connectivity index (χ2n) is 10.4. The smallest absolute Gasteiger partial charge is 0.129 e. The first-order chi connectivity index (χ1) is 17.0. The molecule has 1 N–H and O–H groups in total. The zero-order valence-electron chi connectivity index (χ0n) is 20.3. The lowest BCUT2D eigenvalue weighted by Crippen LogP contribution is -2.49. The van der Waals surface area contributed by atoms with E-state index in [1.807, 2.05) is 30.3 Å². The monoisotopic (exact) mass is 470 g/mol. The van der Waals surface area contributed by atoms with Gasteiger partial charge in [-0.2, -0.15) is 0 Å². The number of hydrogen-bond donors (Lipinski definition) is 1. The van der Waals surface area contributed by atoms with Gasteiger partial charge < -0.3 is 19.4 Å². The van der Waals surface area contributed by atoms with Crippen LogP contribution in [0.5, 0.6) is 5.75 Å². The molecule has 2 aliphatic heterocycles. The maximum atomic E-state index is 13.9. The van der Waals surface area contributed by atoms with Gasteiger partial charge in [0.05, 0.1) is 17.7 Å². The SMILES string of the molecule is CC1(C)COC2(CCNCC2)c2c1n(-c1ccc(F)cc1)c1cccc(OCc3ccccc3)c21. The van der Waals surface area contributed by atoms with Gasteiger partial charge in [0.15, 0.2) is 0 Å². The average Bonchev–Trinajstić information content (AvgIpc) is 3.25. The first-order valence-electron chi connectivity index (χ1n) is 12.4. The highest BCUT2D eigenvalue weighted by atomic mass is 19.1. The number of hydrogen-bond acceptors (Lipinski definition) is 3. The van der Waals surface area contributed by atoms with E-state index in [0.717, 1.165) is 53.8 Å². The van der Waals surface area contributed by atoms with E-state index in [2.05, 4.69) is 54.1 Å². The number of fused-ring (bicyclic) bond motifs is 4. The molecule has 5 heteroatoms. The highest BCUT2D eigenvalue weighted by Gasteiger charge is 2.49. The van der Waals surface area contributed by atoms with E-state index in [0.29, 0.717) is 13.2 Å². The van der Waals surface area contributed by atoms with Crippen LogP contribution in [0, 0.1) is 5.82 Å². The molecule has 0 saturated carbocycles. The first kappa shape index (κ1) is 22.3. The number of rotatable bonds is 4. The number of nitrogens with zero attached hydrogens (tertiary/aromatic N) is 1. The predicted molar refractivity (Wildman–Crippen MR) is 137 cm³/mol. The van der Waals surface area contributed by atoms with Crippen LogP contribution in [0.25, 0.3) is 16.6 Å². The van der Waals surface area contributed by atoms with Gasteiger partial charge in [0.25, 0.3) is 0 Å². The van der Waals surface area contributed by atoms with E-state index in [-0.39, 0.29) is 16.8 Å². The van der Waals surface area contributed by atoms with Gasteiger partial charge in [0.1, 0.15) is 18.2 Å². The lowest BCUT2D eigenvalue weighted by atomic mass is 9.74. The molecule has 4 nitrogen and oxygen atoms in total. The molecule has 1 spiro atoms. The molecule has 0 unspecified atom stereocenters. The molecule has 2 aliphatic rings. The quantitative estimate of drug-likeness (QED) is 0.384. The van der Waals surface area contributed by atoms with Gasteiger partial charge >= 0.3 is 0 Å². The van der Waals surface area contributed by atoms with Gasteiger partial charge in [-0.05, 0) is 67.9 Å². The van der Waals surface area contributed by atoms with Gasteiger partial charge in [-0.15, -0.1) is 0 Å². The van der Waals surface area contributed by atoms with Crippen LogP contribution in [0.15, 0.2) is 72.8 Å². The fourth-order valence-electron chi connectivity index (χ4n) is 5.79. The topological polar surface area (TPSA) is 35.4 Å². The molecule has 0 amide bonds. The summed E-state index contributed by atoms with van der Waals surface area (Å²) in [5, 5.41) is 4.61. The molecule has 180 valence electrons. The third-order valence-corrected chi connectivity index (χ3v) is 7.49. The van der Waals surface area contributed by atoms with Crippen LogP contribution in [0.4, 0.5) is 4.39 Å². The predicted octanol–water partition coefficient (Wildman–Crippen LogP) is 6.24. The minimum atomic E-state index is -0.369. The highest BCUT2D eigenvalue weighted by molar-refractivity contribution is 5.94. The van der Waals surface area contributed by atoms with Crippen LogP contribution >= 0.6 is 0 Å². The highest BCUT2D eigenvalue weighted by Crippen LogP contribution is 2.53. The average molecular weight is 471 g/mol. The van der Waals surface area contributed by atoms with E-state index >= 15 is 0 Å². The Bertz CT molecular complexity index is 1350. The zero-order valence-corrected chi connectivity index (χ0v) is 20.3. The van der Waals surface area contributed by atoms with Crippen molar-refractivity contribution in [2.75, 3.05) is 19.7 Å². The molecule has 35 heavy (non-hydrogen) atoms. The number of aromatic nitrogens is 1. The van der Waals surface area contributed by atoms with Gasteiger partial charge in [-0.3, -0.25) is 0 Å². The normalized spacial score (nSPS) is 18.5. The van der Waals surface area contributed by atoms with Crippen molar-refractivity contribution in [2.24, 2.45) is 0 Å². The third-order valence-electron chi connectivity index (χ3n) is 7.49. The first-order valence-corrected chi connectivity index (χ1v) is 12.4. The summed E-state index contributed by atoms with van der Waals surface area (Å²) >= 11 is 0. The third kappa shape index (κ3) is 3.74. The molecule has 6 rings (SSSR count).